The predicted molar refractivity (Wildman–Crippen MR) is 99.2 cm³/mol. The lowest BCUT2D eigenvalue weighted by Gasteiger charge is -2.17. The Bertz CT molecular complexity index is 813. The first-order valence-electron chi connectivity index (χ1n) is 8.64. The maximum absolute atomic E-state index is 12.4. The minimum absolute atomic E-state index is 0.0554. The van der Waals surface area contributed by atoms with Crippen molar-refractivity contribution in [1.82, 2.24) is 14.9 Å². The lowest BCUT2D eigenvalue weighted by Crippen LogP contribution is -2.31. The molecule has 2 aromatic rings. The number of benzene rings is 1. The minimum Gasteiger partial charge on any atom is -0.480 e. The third kappa shape index (κ3) is 5.17. The molecule has 0 radical (unpaired) electrons. The number of likely N-dealkylation sites (tertiary alicyclic amines) is 1. The van der Waals surface area contributed by atoms with Gasteiger partial charge in [-0.15, -0.1) is 0 Å². The molecule has 2 heterocycles. The highest BCUT2D eigenvalue weighted by Crippen LogP contribution is 2.19. The summed E-state index contributed by atoms with van der Waals surface area (Å²) >= 11 is 5.82. The molecule has 8 heteroatoms. The smallest absolute Gasteiger partial charge is 0.235 e. The number of halogens is 1. The molecule has 7 nitrogen and oxygen atoms in total. The van der Waals surface area contributed by atoms with Crippen LogP contribution in [-0.4, -0.2) is 52.9 Å². The molecule has 0 spiro atoms. The monoisotopic (exact) mass is 389 g/mol. The van der Waals surface area contributed by atoms with Crippen molar-refractivity contribution in [2.24, 2.45) is 0 Å². The molecule has 1 aliphatic heterocycles. The molecule has 1 saturated heterocycles. The summed E-state index contributed by atoms with van der Waals surface area (Å²) in [4.78, 5) is 34.4. The summed E-state index contributed by atoms with van der Waals surface area (Å²) in [5.41, 5.74) is 0.562. The number of carbonyl (C=O) groups excluding carboxylic acids is 2. The third-order valence-electron chi connectivity index (χ3n) is 4.32. The molecule has 1 aromatic heterocycles. The molecule has 1 fully saturated rings. The van der Waals surface area contributed by atoms with Crippen molar-refractivity contribution in [3.8, 4) is 11.8 Å². The zero-order chi connectivity index (χ0) is 19.2. The fourth-order valence-corrected chi connectivity index (χ4v) is 2.99. The van der Waals surface area contributed by atoms with Gasteiger partial charge in [-0.3, -0.25) is 14.6 Å². The zero-order valence-electron chi connectivity index (χ0n) is 14.9. The Labute approximate surface area is 162 Å². The number of amides is 1. The molecule has 1 amide bonds. The Kier molecular flexibility index (Phi) is 6.24. The van der Waals surface area contributed by atoms with Crippen LogP contribution >= 0.6 is 11.6 Å². The number of ketones is 1. The van der Waals surface area contributed by atoms with Gasteiger partial charge < -0.3 is 14.4 Å². The van der Waals surface area contributed by atoms with Gasteiger partial charge in [-0.1, -0.05) is 11.6 Å². The van der Waals surface area contributed by atoms with Gasteiger partial charge in [-0.05, 0) is 24.3 Å². The van der Waals surface area contributed by atoms with Crippen molar-refractivity contribution < 1.29 is 19.1 Å². The topological polar surface area (TPSA) is 81.6 Å². The molecule has 0 saturated carbocycles. The Morgan fingerprint density at radius 2 is 1.93 bits per heavy atom. The number of aromatic nitrogens is 2. The van der Waals surface area contributed by atoms with E-state index < -0.39 is 0 Å². The number of carbonyl (C=O) groups is 2. The summed E-state index contributed by atoms with van der Waals surface area (Å²) in [5.74, 6) is 0.615. The van der Waals surface area contributed by atoms with Gasteiger partial charge in [0.2, 0.25) is 17.7 Å². The van der Waals surface area contributed by atoms with E-state index in [4.69, 9.17) is 21.1 Å². The Morgan fingerprint density at radius 1 is 1.19 bits per heavy atom. The van der Waals surface area contributed by atoms with E-state index in [9.17, 15) is 9.59 Å². The van der Waals surface area contributed by atoms with E-state index in [1.807, 2.05) is 0 Å². The molecule has 0 aliphatic carbocycles. The number of methoxy groups -OCH3 is 1. The summed E-state index contributed by atoms with van der Waals surface area (Å²) in [6.07, 6.45) is 3.90. The Morgan fingerprint density at radius 3 is 2.67 bits per heavy atom. The predicted octanol–water partition coefficient (Wildman–Crippen LogP) is 2.78. The lowest BCUT2D eigenvalue weighted by atomic mass is 10.1. The molecule has 142 valence electrons. The Balaban J connectivity index is 1.47. The maximum Gasteiger partial charge on any atom is 0.235 e. The van der Waals surface area contributed by atoms with Crippen LogP contribution in [0.15, 0.2) is 36.7 Å². The van der Waals surface area contributed by atoms with Crippen LogP contribution < -0.4 is 9.47 Å². The molecule has 27 heavy (non-hydrogen) atoms. The first kappa shape index (κ1) is 19.1. The Hall–Kier alpha value is -2.67. The number of ether oxygens (including phenoxy) is 2. The summed E-state index contributed by atoms with van der Waals surface area (Å²) in [6.45, 7) is 1.06. The number of nitrogens with zero attached hydrogens (tertiary/aromatic N) is 3. The van der Waals surface area contributed by atoms with Crippen molar-refractivity contribution in [3.63, 3.8) is 0 Å². The van der Waals surface area contributed by atoms with E-state index >= 15 is 0 Å². The number of hydrogen-bond donors (Lipinski definition) is 0. The second kappa shape index (κ2) is 8.81. The molecular weight excluding hydrogens is 370 g/mol. The van der Waals surface area contributed by atoms with E-state index in [0.29, 0.717) is 41.9 Å². The molecule has 1 aliphatic rings. The molecule has 0 bridgehead atoms. The van der Waals surface area contributed by atoms with Crippen molar-refractivity contribution in [3.05, 3.63) is 47.2 Å². The van der Waals surface area contributed by atoms with E-state index in [1.54, 1.807) is 29.2 Å². The molecule has 0 N–H and O–H groups in total. The van der Waals surface area contributed by atoms with Crippen LogP contribution in [0.1, 0.15) is 29.6 Å². The van der Waals surface area contributed by atoms with Crippen LogP contribution in [-0.2, 0) is 4.79 Å². The third-order valence-corrected chi connectivity index (χ3v) is 4.57. The minimum atomic E-state index is -0.151. The summed E-state index contributed by atoms with van der Waals surface area (Å²) in [6, 6.07) is 6.68. The normalized spacial score (nSPS) is 16.2. The number of rotatable bonds is 7. The summed E-state index contributed by atoms with van der Waals surface area (Å²) < 4.78 is 10.8. The number of hydrogen-bond acceptors (Lipinski definition) is 6. The zero-order valence-corrected chi connectivity index (χ0v) is 15.7. The average Bonchev–Trinajstić information content (AvgIpc) is 3.15. The first-order chi connectivity index (χ1) is 13.0. The first-order valence-corrected chi connectivity index (χ1v) is 9.02. The fourth-order valence-electron chi connectivity index (χ4n) is 2.87. The summed E-state index contributed by atoms with van der Waals surface area (Å²) in [5, 5.41) is 0.575. The van der Waals surface area contributed by atoms with Crippen LogP contribution in [0.3, 0.4) is 0 Å². The van der Waals surface area contributed by atoms with Crippen molar-refractivity contribution in [2.75, 3.05) is 20.2 Å². The van der Waals surface area contributed by atoms with Gasteiger partial charge in [0.05, 0.1) is 26.0 Å². The fraction of sp³-hybridized carbons (Fsp3) is 0.368. The molecule has 1 unspecified atom stereocenters. The van der Waals surface area contributed by atoms with E-state index in [2.05, 4.69) is 9.97 Å². The van der Waals surface area contributed by atoms with Crippen molar-refractivity contribution in [2.45, 2.75) is 25.4 Å². The maximum atomic E-state index is 12.4. The van der Waals surface area contributed by atoms with E-state index in [0.717, 1.165) is 0 Å². The van der Waals surface area contributed by atoms with Crippen LogP contribution in [0.25, 0.3) is 0 Å². The van der Waals surface area contributed by atoms with Gasteiger partial charge in [-0.2, -0.15) is 4.98 Å². The molecule has 1 atom stereocenters. The molecular formula is C19H20ClN3O4. The molecule has 3 rings (SSSR count). The second-order valence-corrected chi connectivity index (χ2v) is 6.63. The largest absolute Gasteiger partial charge is 0.480 e. The van der Waals surface area contributed by atoms with Gasteiger partial charge >= 0.3 is 0 Å². The van der Waals surface area contributed by atoms with Gasteiger partial charge in [0, 0.05) is 36.4 Å². The van der Waals surface area contributed by atoms with Gasteiger partial charge in [0.15, 0.2) is 5.78 Å². The molecule has 1 aromatic carbocycles. The van der Waals surface area contributed by atoms with E-state index in [1.165, 1.54) is 19.5 Å². The van der Waals surface area contributed by atoms with Crippen molar-refractivity contribution in [1.29, 1.82) is 0 Å². The average molecular weight is 390 g/mol. The van der Waals surface area contributed by atoms with Crippen LogP contribution in [0.5, 0.6) is 11.8 Å². The van der Waals surface area contributed by atoms with E-state index in [-0.39, 0.29) is 30.6 Å². The van der Waals surface area contributed by atoms with Crippen LogP contribution in [0, 0.1) is 0 Å². The summed E-state index contributed by atoms with van der Waals surface area (Å²) in [7, 11) is 1.51. The quantitative estimate of drug-likeness (QED) is 0.677. The van der Waals surface area contributed by atoms with Crippen LogP contribution in [0.2, 0.25) is 5.02 Å². The second-order valence-electron chi connectivity index (χ2n) is 6.20. The van der Waals surface area contributed by atoms with Crippen molar-refractivity contribution >= 4 is 23.3 Å². The van der Waals surface area contributed by atoms with Gasteiger partial charge in [0.25, 0.3) is 0 Å². The van der Waals surface area contributed by atoms with Gasteiger partial charge in [-0.25, -0.2) is 0 Å². The standard InChI is InChI=1S/C19H20ClN3O4/c1-26-17-10-21-11-18(22-17)27-15-8-9-23(12-15)19(25)7-6-16(24)13-2-4-14(20)5-3-13/h2-5,10-11,15H,6-9,12H2,1H3. The van der Waals surface area contributed by atoms with Crippen LogP contribution in [0.4, 0.5) is 0 Å². The lowest BCUT2D eigenvalue weighted by molar-refractivity contribution is -0.130. The highest BCUT2D eigenvalue weighted by molar-refractivity contribution is 6.30. The highest BCUT2D eigenvalue weighted by atomic mass is 35.5. The van der Waals surface area contributed by atoms with Gasteiger partial charge in [0.1, 0.15) is 6.10 Å². The highest BCUT2D eigenvalue weighted by Gasteiger charge is 2.28. The SMILES string of the molecule is COc1cncc(OC2CCN(C(=O)CCC(=O)c3ccc(Cl)cc3)C2)n1. The number of Topliss-reactive ketones (excluding diaryl/α,β-unsaturated/α-hetero) is 1.